The zero-order valence-electron chi connectivity index (χ0n) is 16.5. The van der Waals surface area contributed by atoms with Crippen LogP contribution in [0.4, 0.5) is 0 Å². The maximum atomic E-state index is 9.54. The summed E-state index contributed by atoms with van der Waals surface area (Å²) in [6.07, 6.45) is 10.5. The predicted molar refractivity (Wildman–Crippen MR) is 115 cm³/mol. The second-order valence-corrected chi connectivity index (χ2v) is 9.23. The summed E-state index contributed by atoms with van der Waals surface area (Å²) in [6, 6.07) is 7.30. The van der Waals surface area contributed by atoms with Gasteiger partial charge in [0, 0.05) is 30.0 Å². The van der Waals surface area contributed by atoms with Crippen LogP contribution in [0.25, 0.3) is 27.1 Å². The predicted octanol–water partition coefficient (Wildman–Crippen LogP) is 3.85. The van der Waals surface area contributed by atoms with Gasteiger partial charge in [0.1, 0.15) is 17.7 Å². The molecule has 2 bridgehead atoms. The highest BCUT2D eigenvalue weighted by Gasteiger charge is 2.34. The van der Waals surface area contributed by atoms with Gasteiger partial charge in [-0.1, -0.05) is 11.3 Å². The third kappa shape index (κ3) is 3.02. The van der Waals surface area contributed by atoms with Gasteiger partial charge in [-0.15, -0.1) is 0 Å². The van der Waals surface area contributed by atoms with Crippen LogP contribution in [-0.2, 0) is 0 Å². The van der Waals surface area contributed by atoms with E-state index >= 15 is 0 Å². The van der Waals surface area contributed by atoms with Crippen LogP contribution >= 0.6 is 11.3 Å². The molecule has 2 saturated heterocycles. The fourth-order valence-electron chi connectivity index (χ4n) is 4.71. The largest absolute Gasteiger partial charge is 0.467 e. The Morgan fingerprint density at radius 2 is 2.03 bits per heavy atom. The fourth-order valence-corrected chi connectivity index (χ4v) is 5.60. The number of ether oxygens (including phenoxy) is 1. The molecule has 2 fully saturated rings. The van der Waals surface area contributed by atoms with Crippen molar-refractivity contribution in [2.45, 2.75) is 50.8 Å². The lowest BCUT2D eigenvalue weighted by Crippen LogP contribution is -2.42. The first-order valence-corrected chi connectivity index (χ1v) is 11.1. The summed E-state index contributed by atoms with van der Waals surface area (Å²) in [5.74, 6) is 0. The Balaban J connectivity index is 1.32. The number of hydrogen-bond donors (Lipinski definition) is 1. The summed E-state index contributed by atoms with van der Waals surface area (Å²) < 4.78 is 9.17. The van der Waals surface area contributed by atoms with Crippen molar-refractivity contribution in [3.05, 3.63) is 42.0 Å². The van der Waals surface area contributed by atoms with Crippen molar-refractivity contribution in [2.24, 2.45) is 0 Å². The molecule has 150 valence electrons. The molecule has 0 saturated carbocycles. The molecule has 30 heavy (non-hydrogen) atoms. The first-order valence-electron chi connectivity index (χ1n) is 10.2. The Morgan fingerprint density at radius 3 is 2.83 bits per heavy atom. The van der Waals surface area contributed by atoms with Gasteiger partial charge in [-0.25, -0.2) is 9.97 Å². The molecule has 3 atom stereocenters. The molecule has 0 spiro atoms. The summed E-state index contributed by atoms with van der Waals surface area (Å²) in [5.41, 5.74) is 4.62. The molecule has 2 aliphatic rings. The Kier molecular flexibility index (Phi) is 4.01. The van der Waals surface area contributed by atoms with Gasteiger partial charge in [-0.05, 0) is 44.7 Å². The molecule has 6 rings (SSSR count). The third-order valence-electron chi connectivity index (χ3n) is 6.04. The molecule has 8 heteroatoms. The van der Waals surface area contributed by atoms with Crippen molar-refractivity contribution >= 4 is 27.2 Å². The van der Waals surface area contributed by atoms with Crippen LogP contribution in [0.1, 0.15) is 36.9 Å². The lowest BCUT2D eigenvalue weighted by atomic mass is 10.0. The van der Waals surface area contributed by atoms with Gasteiger partial charge in [0.2, 0.25) is 0 Å². The topological polar surface area (TPSA) is 88.1 Å². The van der Waals surface area contributed by atoms with Crippen molar-refractivity contribution < 1.29 is 4.74 Å². The molecule has 6 heterocycles. The number of nitrogens with one attached hydrogen (secondary N) is 1. The molecule has 7 nitrogen and oxygen atoms in total. The van der Waals surface area contributed by atoms with Crippen molar-refractivity contribution in [2.75, 3.05) is 0 Å². The molecule has 4 aromatic heterocycles. The number of nitrogens with zero attached hydrogens (tertiary/aromatic N) is 5. The zero-order chi connectivity index (χ0) is 20.2. The molecular weight excluding hydrogens is 396 g/mol. The number of aromatic nitrogens is 4. The SMILES string of the molecule is Cc1cn2cc(-c3cc4sc(OC5C[C@H]6CC[C@@H](C5)N6)nc4cn3)cc(C#N)c2n1. The number of nitriles is 1. The minimum Gasteiger partial charge on any atom is -0.467 e. The maximum absolute atomic E-state index is 9.54. The van der Waals surface area contributed by atoms with Gasteiger partial charge in [0.15, 0.2) is 5.65 Å². The first kappa shape index (κ1) is 17.8. The second-order valence-electron chi connectivity index (χ2n) is 8.23. The Labute approximate surface area is 177 Å². The van der Waals surface area contributed by atoms with Crippen LogP contribution in [0.15, 0.2) is 30.7 Å². The summed E-state index contributed by atoms with van der Waals surface area (Å²) in [4.78, 5) is 13.7. The summed E-state index contributed by atoms with van der Waals surface area (Å²) in [5, 5.41) is 13.9. The Hall–Kier alpha value is -3.02. The maximum Gasteiger partial charge on any atom is 0.274 e. The van der Waals surface area contributed by atoms with Crippen molar-refractivity contribution in [3.8, 4) is 22.5 Å². The van der Waals surface area contributed by atoms with E-state index in [4.69, 9.17) is 4.74 Å². The van der Waals surface area contributed by atoms with Crippen molar-refractivity contribution in [1.29, 1.82) is 5.26 Å². The third-order valence-corrected chi connectivity index (χ3v) is 6.95. The highest BCUT2D eigenvalue weighted by molar-refractivity contribution is 7.20. The molecule has 0 radical (unpaired) electrons. The highest BCUT2D eigenvalue weighted by Crippen LogP contribution is 2.34. The minimum absolute atomic E-state index is 0.238. The highest BCUT2D eigenvalue weighted by atomic mass is 32.1. The number of imidazole rings is 1. The summed E-state index contributed by atoms with van der Waals surface area (Å²) >= 11 is 1.56. The molecule has 0 aromatic carbocycles. The first-order chi connectivity index (χ1) is 14.6. The number of fused-ring (bicyclic) bond motifs is 4. The molecule has 1 N–H and O–H groups in total. The van der Waals surface area contributed by atoms with E-state index in [-0.39, 0.29) is 6.10 Å². The van der Waals surface area contributed by atoms with E-state index in [2.05, 4.69) is 26.3 Å². The van der Waals surface area contributed by atoms with Crippen LogP contribution in [0.3, 0.4) is 0 Å². The number of pyridine rings is 2. The molecular formula is C22H20N6OS. The van der Waals surface area contributed by atoms with E-state index in [1.807, 2.05) is 35.9 Å². The number of aryl methyl sites for hydroxylation is 1. The lowest BCUT2D eigenvalue weighted by Gasteiger charge is -2.28. The van der Waals surface area contributed by atoms with E-state index in [9.17, 15) is 5.26 Å². The van der Waals surface area contributed by atoms with E-state index in [1.54, 1.807) is 17.5 Å². The molecule has 0 amide bonds. The van der Waals surface area contributed by atoms with Crippen molar-refractivity contribution in [3.63, 3.8) is 0 Å². The Morgan fingerprint density at radius 1 is 1.20 bits per heavy atom. The van der Waals surface area contributed by atoms with Crippen LogP contribution in [0.2, 0.25) is 0 Å². The van der Waals surface area contributed by atoms with Gasteiger partial charge < -0.3 is 14.5 Å². The van der Waals surface area contributed by atoms with Gasteiger partial charge in [-0.2, -0.15) is 5.26 Å². The lowest BCUT2D eigenvalue weighted by molar-refractivity contribution is 0.137. The van der Waals surface area contributed by atoms with Crippen LogP contribution in [0.5, 0.6) is 5.19 Å². The van der Waals surface area contributed by atoms with Crippen molar-refractivity contribution in [1.82, 2.24) is 24.7 Å². The van der Waals surface area contributed by atoms with E-state index < -0.39 is 0 Å². The van der Waals surface area contributed by atoms with E-state index in [1.165, 1.54) is 12.8 Å². The second kappa shape index (κ2) is 6.76. The average Bonchev–Trinajstić information content (AvgIpc) is 3.41. The number of piperidine rings is 1. The Bertz CT molecular complexity index is 1310. The van der Waals surface area contributed by atoms with Crippen LogP contribution < -0.4 is 10.1 Å². The van der Waals surface area contributed by atoms with Gasteiger partial charge in [0.05, 0.1) is 27.8 Å². The number of hydrogen-bond acceptors (Lipinski definition) is 7. The monoisotopic (exact) mass is 416 g/mol. The summed E-state index contributed by atoms with van der Waals surface area (Å²) in [7, 11) is 0. The van der Waals surface area contributed by atoms with Gasteiger partial charge >= 0.3 is 0 Å². The average molecular weight is 417 g/mol. The van der Waals surface area contributed by atoms with Crippen LogP contribution in [-0.4, -0.2) is 37.5 Å². The quantitative estimate of drug-likeness (QED) is 0.546. The van der Waals surface area contributed by atoms with Gasteiger partial charge in [-0.3, -0.25) is 4.98 Å². The molecule has 1 unspecified atom stereocenters. The smallest absolute Gasteiger partial charge is 0.274 e. The van der Waals surface area contributed by atoms with E-state index in [0.717, 1.165) is 40.0 Å². The number of thiazole rings is 1. The molecule has 4 aromatic rings. The molecule has 0 aliphatic carbocycles. The van der Waals surface area contributed by atoms with Gasteiger partial charge in [0.25, 0.3) is 5.19 Å². The fraction of sp³-hybridized carbons (Fsp3) is 0.364. The van der Waals surface area contributed by atoms with E-state index in [0.29, 0.717) is 28.5 Å². The van der Waals surface area contributed by atoms with Crippen LogP contribution in [0, 0.1) is 18.3 Å². The number of rotatable bonds is 3. The summed E-state index contributed by atoms with van der Waals surface area (Å²) in [6.45, 7) is 1.92. The minimum atomic E-state index is 0.238. The standard InChI is InChI=1S/C22H20N6OS/c1-12-10-28-11-14(4-13(8-23)21(28)25-12)18-7-20-19(9-24-18)27-22(30-20)29-17-5-15-2-3-16(6-17)26-15/h4,7,9-11,15-17,26H,2-3,5-6H2,1H3/t15-,16+,17?. The normalized spacial score (nSPS) is 23.1. The molecule has 2 aliphatic heterocycles. The zero-order valence-corrected chi connectivity index (χ0v) is 17.3.